The summed E-state index contributed by atoms with van der Waals surface area (Å²) in [5.74, 6) is -0.712. The number of esters is 2. The lowest BCUT2D eigenvalue weighted by molar-refractivity contribution is -0.149. The van der Waals surface area contributed by atoms with Crippen molar-refractivity contribution in [3.05, 3.63) is 83.9 Å². The smallest absolute Gasteiger partial charge is 0.306 e. The molecule has 3 aromatic rings. The first-order chi connectivity index (χ1) is 16.5. The van der Waals surface area contributed by atoms with Crippen LogP contribution >= 0.6 is 0 Å². The van der Waals surface area contributed by atoms with Gasteiger partial charge in [0, 0.05) is 11.1 Å². The van der Waals surface area contributed by atoms with E-state index >= 15 is 0 Å². The zero-order valence-electron chi connectivity index (χ0n) is 19.3. The Morgan fingerprint density at radius 3 is 1.29 bits per heavy atom. The van der Waals surface area contributed by atoms with Crippen LogP contribution in [-0.4, -0.2) is 25.2 Å². The Labute approximate surface area is 200 Å². The van der Waals surface area contributed by atoms with Crippen molar-refractivity contribution in [1.82, 2.24) is 0 Å². The normalized spacial score (nSPS) is 9.53. The summed E-state index contributed by atoms with van der Waals surface area (Å²) in [6.45, 7) is 4.15. The van der Waals surface area contributed by atoms with Crippen LogP contribution in [0.4, 0.5) is 0 Å². The number of hydrogen-bond donors (Lipinski definition) is 0. The van der Waals surface area contributed by atoms with Gasteiger partial charge < -0.3 is 9.47 Å². The van der Waals surface area contributed by atoms with Gasteiger partial charge in [0.25, 0.3) is 0 Å². The van der Waals surface area contributed by atoms with Crippen molar-refractivity contribution in [3.63, 3.8) is 0 Å². The molecule has 3 rings (SSSR count). The number of rotatable bonds is 7. The lowest BCUT2D eigenvalue weighted by Crippen LogP contribution is -2.09. The Kier molecular flexibility index (Phi) is 10.5. The van der Waals surface area contributed by atoms with E-state index in [4.69, 9.17) is 0 Å². The molecule has 0 saturated heterocycles. The maximum absolute atomic E-state index is 10.7. The summed E-state index contributed by atoms with van der Waals surface area (Å²) < 4.78 is 9.25. The average molecular weight is 455 g/mol. The Hall–Kier alpha value is -4.42. The summed E-state index contributed by atoms with van der Waals surface area (Å²) in [7, 11) is 0. The second-order valence-corrected chi connectivity index (χ2v) is 6.98. The fraction of sp³-hybridized carbons (Fsp3) is 0.214. The molecule has 0 aliphatic carbocycles. The molecule has 0 aliphatic heterocycles. The van der Waals surface area contributed by atoms with Crippen LogP contribution in [0.2, 0.25) is 0 Å². The molecule has 0 fully saturated rings. The Morgan fingerprint density at radius 1 is 0.647 bits per heavy atom. The summed E-state index contributed by atoms with van der Waals surface area (Å²) in [5.41, 5.74) is 4.65. The van der Waals surface area contributed by atoms with E-state index in [0.29, 0.717) is 24.3 Å². The standard InChI is InChI=1S/C20H12N2.C8H14O4/c21-13-17-11-12-18(14-22)20(16-9-5-2-6-10-16)19(17)15-7-3-1-4-8-15;1-3-11-7(9)5-6-8(10)12-4-2/h1-12H;3-6H2,1-2H3. The van der Waals surface area contributed by atoms with E-state index in [-0.39, 0.29) is 24.8 Å². The van der Waals surface area contributed by atoms with Crippen molar-refractivity contribution in [2.24, 2.45) is 0 Å². The van der Waals surface area contributed by atoms with Crippen molar-refractivity contribution in [3.8, 4) is 34.4 Å². The van der Waals surface area contributed by atoms with Crippen LogP contribution in [0.15, 0.2) is 72.8 Å². The third kappa shape index (κ3) is 7.32. The van der Waals surface area contributed by atoms with Gasteiger partial charge in [-0.15, -0.1) is 0 Å². The molecule has 0 aromatic heterocycles. The Balaban J connectivity index is 0.000000292. The van der Waals surface area contributed by atoms with Gasteiger partial charge >= 0.3 is 11.9 Å². The molecule has 0 aliphatic rings. The molecule has 34 heavy (non-hydrogen) atoms. The van der Waals surface area contributed by atoms with E-state index in [9.17, 15) is 20.1 Å². The first-order valence-electron chi connectivity index (χ1n) is 10.9. The molecule has 0 atom stereocenters. The third-order valence-electron chi connectivity index (χ3n) is 4.72. The highest BCUT2D eigenvalue weighted by atomic mass is 16.5. The number of hydrogen-bond acceptors (Lipinski definition) is 6. The molecule has 0 unspecified atom stereocenters. The zero-order chi connectivity index (χ0) is 24.8. The van der Waals surface area contributed by atoms with Gasteiger partial charge in [0.05, 0.1) is 49.3 Å². The lowest BCUT2D eigenvalue weighted by Gasteiger charge is -2.14. The summed E-state index contributed by atoms with van der Waals surface area (Å²) in [5, 5.41) is 19.0. The Bertz CT molecular complexity index is 1080. The maximum Gasteiger partial charge on any atom is 0.306 e. The van der Waals surface area contributed by atoms with Gasteiger partial charge in [0.15, 0.2) is 0 Å². The fourth-order valence-electron chi connectivity index (χ4n) is 3.27. The van der Waals surface area contributed by atoms with E-state index < -0.39 is 0 Å². The molecule has 0 spiro atoms. The molecule has 3 aromatic carbocycles. The summed E-state index contributed by atoms with van der Waals surface area (Å²) >= 11 is 0. The number of benzene rings is 3. The molecule has 0 radical (unpaired) electrons. The zero-order valence-corrected chi connectivity index (χ0v) is 19.3. The molecule has 6 heteroatoms. The van der Waals surface area contributed by atoms with E-state index in [1.165, 1.54) is 0 Å². The second kappa shape index (κ2) is 13.9. The molecule has 0 bridgehead atoms. The van der Waals surface area contributed by atoms with E-state index in [0.717, 1.165) is 22.3 Å². The van der Waals surface area contributed by atoms with Crippen LogP contribution in [0, 0.1) is 22.7 Å². The number of nitrogens with zero attached hydrogens (tertiary/aromatic N) is 2. The van der Waals surface area contributed by atoms with Crippen molar-refractivity contribution >= 4 is 11.9 Å². The minimum Gasteiger partial charge on any atom is -0.466 e. The Morgan fingerprint density at radius 2 is 1.00 bits per heavy atom. The topological polar surface area (TPSA) is 100 Å². The van der Waals surface area contributed by atoms with Crippen molar-refractivity contribution in [1.29, 1.82) is 10.5 Å². The first kappa shape index (κ1) is 25.8. The van der Waals surface area contributed by atoms with Crippen LogP contribution in [-0.2, 0) is 19.1 Å². The molecule has 0 amide bonds. The van der Waals surface area contributed by atoms with Gasteiger partial charge in [-0.2, -0.15) is 10.5 Å². The highest BCUT2D eigenvalue weighted by molar-refractivity contribution is 5.90. The molecular formula is C28H26N2O4. The second-order valence-electron chi connectivity index (χ2n) is 6.98. The fourth-order valence-corrected chi connectivity index (χ4v) is 3.27. The molecule has 0 heterocycles. The van der Waals surface area contributed by atoms with Gasteiger partial charge in [-0.25, -0.2) is 0 Å². The lowest BCUT2D eigenvalue weighted by atomic mass is 9.87. The molecule has 6 nitrogen and oxygen atoms in total. The van der Waals surface area contributed by atoms with Crippen molar-refractivity contribution in [2.75, 3.05) is 13.2 Å². The van der Waals surface area contributed by atoms with Gasteiger partial charge in [-0.05, 0) is 37.1 Å². The largest absolute Gasteiger partial charge is 0.466 e. The van der Waals surface area contributed by atoms with Crippen molar-refractivity contribution in [2.45, 2.75) is 26.7 Å². The average Bonchev–Trinajstić information content (AvgIpc) is 2.88. The van der Waals surface area contributed by atoms with E-state index in [1.807, 2.05) is 60.7 Å². The molecule has 172 valence electrons. The minimum absolute atomic E-state index is 0.104. The monoisotopic (exact) mass is 454 g/mol. The number of carbonyl (C=O) groups is 2. The highest BCUT2D eigenvalue weighted by Gasteiger charge is 2.16. The quantitative estimate of drug-likeness (QED) is 0.427. The summed E-state index contributed by atoms with van der Waals surface area (Å²) in [4.78, 5) is 21.4. The number of carbonyl (C=O) groups excluding carboxylic acids is 2. The maximum atomic E-state index is 10.7. The summed E-state index contributed by atoms with van der Waals surface area (Å²) in [6.07, 6.45) is 0.208. The minimum atomic E-state index is -0.356. The van der Waals surface area contributed by atoms with Crippen LogP contribution in [0.5, 0.6) is 0 Å². The molecule has 0 N–H and O–H groups in total. The van der Waals surface area contributed by atoms with Crippen LogP contribution < -0.4 is 0 Å². The summed E-state index contributed by atoms with van der Waals surface area (Å²) in [6, 6.07) is 27.4. The van der Waals surface area contributed by atoms with Crippen LogP contribution in [0.1, 0.15) is 37.8 Å². The highest BCUT2D eigenvalue weighted by Crippen LogP contribution is 2.37. The van der Waals surface area contributed by atoms with E-state index in [2.05, 4.69) is 21.6 Å². The predicted octanol–water partition coefficient (Wildman–Crippen LogP) is 5.66. The SMILES string of the molecule is CCOC(=O)CCC(=O)OCC.N#Cc1ccc(C#N)c(-c2ccccc2)c1-c1ccccc1. The van der Waals surface area contributed by atoms with E-state index in [1.54, 1.807) is 26.0 Å². The van der Waals surface area contributed by atoms with Gasteiger partial charge in [-0.1, -0.05) is 60.7 Å². The van der Waals surface area contributed by atoms with Crippen molar-refractivity contribution < 1.29 is 19.1 Å². The molecule has 0 saturated carbocycles. The van der Waals surface area contributed by atoms with Gasteiger partial charge in [-0.3, -0.25) is 9.59 Å². The molecular weight excluding hydrogens is 428 g/mol. The number of nitriles is 2. The van der Waals surface area contributed by atoms with Crippen LogP contribution in [0.3, 0.4) is 0 Å². The predicted molar refractivity (Wildman–Crippen MR) is 129 cm³/mol. The van der Waals surface area contributed by atoms with Crippen LogP contribution in [0.25, 0.3) is 22.3 Å². The first-order valence-corrected chi connectivity index (χ1v) is 10.9. The van der Waals surface area contributed by atoms with Gasteiger partial charge in [0.2, 0.25) is 0 Å². The third-order valence-corrected chi connectivity index (χ3v) is 4.72. The number of ether oxygens (including phenoxy) is 2. The van der Waals surface area contributed by atoms with Gasteiger partial charge in [0.1, 0.15) is 0 Å².